The van der Waals surface area contributed by atoms with Gasteiger partial charge in [-0.15, -0.1) is 0 Å². The van der Waals surface area contributed by atoms with E-state index in [1.165, 1.54) is 16.7 Å². The molecule has 0 aromatic heterocycles. The fourth-order valence-electron chi connectivity index (χ4n) is 1.18. The van der Waals surface area contributed by atoms with E-state index in [0.29, 0.717) is 0 Å². The van der Waals surface area contributed by atoms with Crippen LogP contribution in [0.15, 0.2) is 18.2 Å². The van der Waals surface area contributed by atoms with Crippen LogP contribution in [0.2, 0.25) is 0 Å². The first-order valence-corrected chi connectivity index (χ1v) is 3.91. The summed E-state index contributed by atoms with van der Waals surface area (Å²) in [5.41, 5.74) is 4.07. The largest absolute Gasteiger partial charge is 0.475 e. The van der Waals surface area contributed by atoms with Crippen molar-refractivity contribution in [3.05, 3.63) is 41.9 Å². The van der Waals surface area contributed by atoms with E-state index >= 15 is 0 Å². The molecule has 1 aromatic carbocycles. The van der Waals surface area contributed by atoms with Gasteiger partial charge >= 0.3 is 0 Å². The first kappa shape index (κ1) is 8.28. The van der Waals surface area contributed by atoms with Gasteiger partial charge in [-0.3, -0.25) is 0 Å². The molecule has 0 amide bonds. The molecule has 0 unspecified atom stereocenters. The predicted octanol–water partition coefficient (Wildman–Crippen LogP) is 1.16. The number of hydrogen-bond acceptors (Lipinski definition) is 0. The molecule has 0 aliphatic carbocycles. The van der Waals surface area contributed by atoms with Crippen molar-refractivity contribution in [2.24, 2.45) is 0 Å². The Balaban J connectivity index is 2.93. The lowest BCUT2D eigenvalue weighted by Gasteiger charge is -2.05. The van der Waals surface area contributed by atoms with Crippen LogP contribution in [0, 0.1) is 20.9 Å². The van der Waals surface area contributed by atoms with Crippen molar-refractivity contribution in [1.29, 1.82) is 0 Å². The summed E-state index contributed by atoms with van der Waals surface area (Å²) in [4.78, 5) is 0. The average Bonchev–Trinajstić information content (AvgIpc) is 1.98. The molecule has 0 saturated carbocycles. The lowest BCUT2D eigenvalue weighted by Crippen LogP contribution is -2.75. The second-order valence-electron chi connectivity index (χ2n) is 2.92. The molecule has 0 heterocycles. The molecular formula is C10H15N. The van der Waals surface area contributed by atoms with Gasteiger partial charge in [0.1, 0.15) is 0 Å². The summed E-state index contributed by atoms with van der Waals surface area (Å²) in [5, 5.41) is 1.95. The first-order valence-electron chi connectivity index (χ1n) is 3.91. The van der Waals surface area contributed by atoms with E-state index in [1.807, 2.05) is 5.32 Å². The van der Waals surface area contributed by atoms with Gasteiger partial charge in [-0.1, -0.05) is 23.8 Å². The summed E-state index contributed by atoms with van der Waals surface area (Å²) < 4.78 is 0. The standard InChI is InChI=1S/C10H15N/c1-8-4-5-9(2)10(6-8)7-11-3/h4-6H,3,7,11H2,1-2H3. The smallest absolute Gasteiger partial charge is 0.0775 e. The minimum atomic E-state index is 0.980. The number of hydrogen-bond donors (Lipinski definition) is 1. The van der Waals surface area contributed by atoms with E-state index in [2.05, 4.69) is 39.1 Å². The van der Waals surface area contributed by atoms with Crippen LogP contribution in [0.5, 0.6) is 0 Å². The normalized spacial score (nSPS) is 10.1. The highest BCUT2D eigenvalue weighted by atomic mass is 14.8. The third kappa shape index (κ3) is 2.05. The minimum absolute atomic E-state index is 0.980. The van der Waals surface area contributed by atoms with Crippen molar-refractivity contribution in [1.82, 2.24) is 0 Å². The fourth-order valence-corrected chi connectivity index (χ4v) is 1.18. The maximum Gasteiger partial charge on any atom is 0.0775 e. The van der Waals surface area contributed by atoms with Crippen LogP contribution in [0.3, 0.4) is 0 Å². The number of rotatable bonds is 2. The van der Waals surface area contributed by atoms with Crippen LogP contribution in [-0.2, 0) is 6.54 Å². The van der Waals surface area contributed by atoms with E-state index in [9.17, 15) is 0 Å². The molecule has 0 saturated heterocycles. The van der Waals surface area contributed by atoms with Crippen molar-refractivity contribution < 1.29 is 5.32 Å². The number of nitrogens with two attached hydrogens (primary N) is 1. The van der Waals surface area contributed by atoms with Gasteiger partial charge in [0.25, 0.3) is 0 Å². The molecule has 2 N–H and O–H groups in total. The number of aryl methyl sites for hydroxylation is 2. The highest BCUT2D eigenvalue weighted by Crippen LogP contribution is 2.08. The van der Waals surface area contributed by atoms with Gasteiger partial charge < -0.3 is 5.32 Å². The monoisotopic (exact) mass is 149 g/mol. The van der Waals surface area contributed by atoms with Crippen LogP contribution in [-0.4, -0.2) is 0 Å². The maximum absolute atomic E-state index is 3.73. The van der Waals surface area contributed by atoms with Crippen LogP contribution >= 0.6 is 0 Å². The van der Waals surface area contributed by atoms with E-state index in [0.717, 1.165) is 6.54 Å². The average molecular weight is 149 g/mol. The minimum Gasteiger partial charge on any atom is -0.475 e. The van der Waals surface area contributed by atoms with Crippen LogP contribution in [0.4, 0.5) is 0 Å². The van der Waals surface area contributed by atoms with Crippen molar-refractivity contribution in [2.75, 3.05) is 0 Å². The lowest BCUT2D eigenvalue weighted by molar-refractivity contribution is -0.612. The molecule has 0 bridgehead atoms. The molecule has 11 heavy (non-hydrogen) atoms. The van der Waals surface area contributed by atoms with Crippen LogP contribution in [0.25, 0.3) is 0 Å². The van der Waals surface area contributed by atoms with Gasteiger partial charge in [0.15, 0.2) is 0 Å². The van der Waals surface area contributed by atoms with Crippen LogP contribution < -0.4 is 5.32 Å². The van der Waals surface area contributed by atoms with Crippen LogP contribution in [0.1, 0.15) is 16.7 Å². The third-order valence-corrected chi connectivity index (χ3v) is 1.87. The molecule has 1 nitrogen and oxygen atoms in total. The first-order chi connectivity index (χ1) is 5.24. The summed E-state index contributed by atoms with van der Waals surface area (Å²) in [5.74, 6) is 0. The van der Waals surface area contributed by atoms with Gasteiger partial charge in [0.05, 0.1) is 6.54 Å². The molecule has 0 spiro atoms. The third-order valence-electron chi connectivity index (χ3n) is 1.87. The Morgan fingerprint density at radius 2 is 2.09 bits per heavy atom. The second-order valence-corrected chi connectivity index (χ2v) is 2.92. The molecule has 0 atom stereocenters. The Kier molecular flexibility index (Phi) is 2.66. The molecular weight excluding hydrogens is 134 g/mol. The van der Waals surface area contributed by atoms with Gasteiger partial charge in [-0.25, -0.2) is 0 Å². The molecule has 1 heteroatoms. The quantitative estimate of drug-likeness (QED) is 0.608. The Bertz CT molecular complexity index is 241. The Morgan fingerprint density at radius 1 is 1.36 bits per heavy atom. The molecule has 1 rings (SSSR count). The van der Waals surface area contributed by atoms with E-state index in [1.54, 1.807) is 0 Å². The molecule has 0 radical (unpaired) electrons. The topological polar surface area (TPSA) is 16.6 Å². The summed E-state index contributed by atoms with van der Waals surface area (Å²) in [7, 11) is 3.73. The Morgan fingerprint density at radius 3 is 2.73 bits per heavy atom. The molecule has 0 aliphatic rings. The molecule has 0 aliphatic heterocycles. The highest BCUT2D eigenvalue weighted by Gasteiger charge is 1.96. The summed E-state index contributed by atoms with van der Waals surface area (Å²) >= 11 is 0. The van der Waals surface area contributed by atoms with Crippen molar-refractivity contribution >= 4 is 0 Å². The number of quaternary nitrogens is 1. The summed E-state index contributed by atoms with van der Waals surface area (Å²) in [6, 6.07) is 6.52. The van der Waals surface area contributed by atoms with Gasteiger partial charge in [0, 0.05) is 5.56 Å². The fraction of sp³-hybridized carbons (Fsp3) is 0.300. The summed E-state index contributed by atoms with van der Waals surface area (Å²) in [6.45, 7) is 5.23. The van der Waals surface area contributed by atoms with Crippen molar-refractivity contribution in [3.8, 4) is 0 Å². The van der Waals surface area contributed by atoms with Crippen molar-refractivity contribution in [3.63, 3.8) is 0 Å². The number of benzene rings is 1. The van der Waals surface area contributed by atoms with E-state index in [4.69, 9.17) is 0 Å². The van der Waals surface area contributed by atoms with E-state index < -0.39 is 0 Å². The van der Waals surface area contributed by atoms with Crippen molar-refractivity contribution in [2.45, 2.75) is 20.4 Å². The molecule has 60 valence electrons. The van der Waals surface area contributed by atoms with Gasteiger partial charge in [0.2, 0.25) is 0 Å². The summed E-state index contributed by atoms with van der Waals surface area (Å²) in [6.07, 6.45) is 0. The van der Waals surface area contributed by atoms with Gasteiger partial charge in [-0.05, 0) is 19.4 Å². The highest BCUT2D eigenvalue weighted by molar-refractivity contribution is 5.29. The maximum atomic E-state index is 3.73. The Labute approximate surface area is 68.4 Å². The van der Waals surface area contributed by atoms with E-state index in [-0.39, 0.29) is 0 Å². The van der Waals surface area contributed by atoms with Gasteiger partial charge in [-0.2, -0.15) is 7.05 Å². The SMILES string of the molecule is [CH2-][NH2+]Cc1cc(C)ccc1C. The Hall–Kier alpha value is -0.820. The zero-order valence-corrected chi connectivity index (χ0v) is 7.22. The molecule has 0 fully saturated rings. The second kappa shape index (κ2) is 3.54. The zero-order valence-electron chi connectivity index (χ0n) is 7.22. The predicted molar refractivity (Wildman–Crippen MR) is 46.9 cm³/mol. The lowest BCUT2D eigenvalue weighted by atomic mass is 10.1. The molecule has 1 aromatic rings. The zero-order chi connectivity index (χ0) is 8.27.